The molecule has 2 aromatic rings. The second kappa shape index (κ2) is 8.31. The van der Waals surface area contributed by atoms with Crippen molar-refractivity contribution in [2.75, 3.05) is 19.5 Å². The molecule has 1 aliphatic rings. The number of benzene rings is 2. The Labute approximate surface area is 162 Å². The van der Waals surface area contributed by atoms with Crippen LogP contribution in [-0.2, 0) is 11.3 Å². The van der Waals surface area contributed by atoms with E-state index in [1.807, 2.05) is 24.3 Å². The quantitative estimate of drug-likeness (QED) is 0.759. The van der Waals surface area contributed by atoms with E-state index in [2.05, 4.69) is 10.6 Å². The molecule has 0 aliphatic heterocycles. The Morgan fingerprint density at radius 3 is 2.41 bits per heavy atom. The lowest BCUT2D eigenvalue weighted by atomic mass is 10.1. The van der Waals surface area contributed by atoms with Crippen LogP contribution in [0.25, 0.3) is 0 Å². The lowest BCUT2D eigenvalue weighted by Crippen LogP contribution is -2.23. The predicted molar refractivity (Wildman–Crippen MR) is 104 cm³/mol. The van der Waals surface area contributed by atoms with Crippen molar-refractivity contribution in [3.8, 4) is 11.5 Å². The van der Waals surface area contributed by atoms with Crippen molar-refractivity contribution in [3.63, 3.8) is 0 Å². The highest BCUT2D eigenvalue weighted by atomic mass is 35.5. The average molecular weight is 389 g/mol. The van der Waals surface area contributed by atoms with Gasteiger partial charge >= 0.3 is 0 Å². The third-order valence-corrected chi connectivity index (χ3v) is 4.60. The normalized spacial score (nSPS) is 13.0. The van der Waals surface area contributed by atoms with Gasteiger partial charge in [0.1, 0.15) is 0 Å². The minimum absolute atomic E-state index is 0.0707. The Kier molecular flexibility index (Phi) is 5.86. The van der Waals surface area contributed by atoms with Crippen LogP contribution in [0.5, 0.6) is 11.5 Å². The first kappa shape index (κ1) is 19.0. The molecule has 1 fully saturated rings. The number of amides is 2. The summed E-state index contributed by atoms with van der Waals surface area (Å²) >= 11 is 6.14. The molecule has 0 saturated heterocycles. The molecule has 0 radical (unpaired) electrons. The fraction of sp³-hybridized carbons (Fsp3) is 0.300. The molecule has 2 aromatic carbocycles. The molecule has 0 atom stereocenters. The van der Waals surface area contributed by atoms with E-state index in [1.165, 1.54) is 20.3 Å². The SMILES string of the molecule is COc1cc(C(=O)NCc2ccc(NC(=O)C3CC3)cc2)cc(Cl)c1OC. The van der Waals surface area contributed by atoms with Crippen molar-refractivity contribution in [3.05, 3.63) is 52.5 Å². The molecule has 1 aliphatic carbocycles. The van der Waals surface area contributed by atoms with Crippen LogP contribution in [-0.4, -0.2) is 26.0 Å². The second-order valence-corrected chi connectivity index (χ2v) is 6.74. The van der Waals surface area contributed by atoms with Gasteiger partial charge in [-0.2, -0.15) is 0 Å². The van der Waals surface area contributed by atoms with Gasteiger partial charge < -0.3 is 20.1 Å². The third-order valence-electron chi connectivity index (χ3n) is 4.32. The van der Waals surface area contributed by atoms with Crippen molar-refractivity contribution in [1.82, 2.24) is 5.32 Å². The van der Waals surface area contributed by atoms with Gasteiger partial charge in [0.25, 0.3) is 5.91 Å². The molecule has 0 bridgehead atoms. The lowest BCUT2D eigenvalue weighted by Gasteiger charge is -2.12. The van der Waals surface area contributed by atoms with Crippen molar-refractivity contribution in [1.29, 1.82) is 0 Å². The summed E-state index contributed by atoms with van der Waals surface area (Å²) in [5, 5.41) is 6.03. The summed E-state index contributed by atoms with van der Waals surface area (Å²) in [5.41, 5.74) is 2.05. The van der Waals surface area contributed by atoms with Crippen LogP contribution in [0.3, 0.4) is 0 Å². The molecule has 0 spiro atoms. The Morgan fingerprint density at radius 2 is 1.81 bits per heavy atom. The molecule has 0 heterocycles. The van der Waals surface area contributed by atoms with E-state index in [4.69, 9.17) is 21.1 Å². The highest BCUT2D eigenvalue weighted by molar-refractivity contribution is 6.32. The molecule has 142 valence electrons. The van der Waals surface area contributed by atoms with Gasteiger partial charge in [-0.15, -0.1) is 0 Å². The molecule has 2 amide bonds. The predicted octanol–water partition coefficient (Wildman–Crippen LogP) is 3.64. The average Bonchev–Trinajstić information content (AvgIpc) is 3.51. The summed E-state index contributed by atoms with van der Waals surface area (Å²) in [6.07, 6.45) is 1.94. The van der Waals surface area contributed by atoms with Gasteiger partial charge in [0, 0.05) is 23.7 Å². The summed E-state index contributed by atoms with van der Waals surface area (Å²) in [4.78, 5) is 24.2. The summed E-state index contributed by atoms with van der Waals surface area (Å²) in [6, 6.07) is 10.5. The first-order chi connectivity index (χ1) is 13.0. The van der Waals surface area contributed by atoms with E-state index in [0.717, 1.165) is 24.1 Å². The molecule has 6 nitrogen and oxygen atoms in total. The number of hydrogen-bond acceptors (Lipinski definition) is 4. The van der Waals surface area contributed by atoms with Crippen LogP contribution in [0.15, 0.2) is 36.4 Å². The summed E-state index contributed by atoms with van der Waals surface area (Å²) in [5.74, 6) is 0.744. The highest BCUT2D eigenvalue weighted by Crippen LogP contribution is 2.36. The Bertz CT molecular complexity index is 848. The first-order valence-corrected chi connectivity index (χ1v) is 8.99. The number of methoxy groups -OCH3 is 2. The number of halogens is 1. The monoisotopic (exact) mass is 388 g/mol. The number of anilines is 1. The van der Waals surface area contributed by atoms with Crippen LogP contribution in [0, 0.1) is 5.92 Å². The van der Waals surface area contributed by atoms with Gasteiger partial charge in [-0.05, 0) is 42.7 Å². The maximum Gasteiger partial charge on any atom is 0.251 e. The minimum Gasteiger partial charge on any atom is -0.493 e. The number of nitrogens with one attached hydrogen (secondary N) is 2. The van der Waals surface area contributed by atoms with E-state index < -0.39 is 0 Å². The highest BCUT2D eigenvalue weighted by Gasteiger charge is 2.29. The standard InChI is InChI=1S/C20H21ClN2O4/c1-26-17-10-14(9-16(21)18(17)27-2)19(24)22-11-12-3-7-15(8-4-12)23-20(25)13-5-6-13/h3-4,7-10,13H,5-6,11H2,1-2H3,(H,22,24)(H,23,25). The molecule has 3 rings (SSSR count). The van der Waals surface area contributed by atoms with Crippen molar-refractivity contribution in [2.24, 2.45) is 5.92 Å². The maximum absolute atomic E-state index is 12.4. The molecule has 7 heteroatoms. The maximum atomic E-state index is 12.4. The van der Waals surface area contributed by atoms with E-state index in [1.54, 1.807) is 6.07 Å². The number of ether oxygens (including phenoxy) is 2. The van der Waals surface area contributed by atoms with Gasteiger partial charge in [0.2, 0.25) is 5.91 Å². The molecule has 2 N–H and O–H groups in total. The van der Waals surface area contributed by atoms with Crippen LogP contribution in [0.2, 0.25) is 5.02 Å². The Hall–Kier alpha value is -2.73. The molecule has 0 aromatic heterocycles. The molecule has 0 unspecified atom stereocenters. The van der Waals surface area contributed by atoms with Crippen molar-refractivity contribution in [2.45, 2.75) is 19.4 Å². The van der Waals surface area contributed by atoms with Crippen LogP contribution in [0.4, 0.5) is 5.69 Å². The van der Waals surface area contributed by atoms with Gasteiger partial charge in [0.15, 0.2) is 11.5 Å². The number of carbonyl (C=O) groups excluding carboxylic acids is 2. The fourth-order valence-corrected chi connectivity index (χ4v) is 2.92. The Balaban J connectivity index is 1.60. The number of carbonyl (C=O) groups is 2. The number of hydrogen-bond donors (Lipinski definition) is 2. The van der Waals surface area contributed by atoms with Gasteiger partial charge in [0.05, 0.1) is 19.2 Å². The largest absolute Gasteiger partial charge is 0.493 e. The van der Waals surface area contributed by atoms with Gasteiger partial charge in [-0.25, -0.2) is 0 Å². The zero-order valence-corrected chi connectivity index (χ0v) is 15.9. The lowest BCUT2D eigenvalue weighted by molar-refractivity contribution is -0.117. The summed E-state index contributed by atoms with van der Waals surface area (Å²) < 4.78 is 10.4. The van der Waals surface area contributed by atoms with E-state index in [9.17, 15) is 9.59 Å². The van der Waals surface area contributed by atoms with Crippen LogP contribution in [0.1, 0.15) is 28.8 Å². The summed E-state index contributed by atoms with van der Waals surface area (Å²) in [7, 11) is 2.97. The zero-order valence-electron chi connectivity index (χ0n) is 15.2. The second-order valence-electron chi connectivity index (χ2n) is 6.34. The summed E-state index contributed by atoms with van der Waals surface area (Å²) in [6.45, 7) is 0.349. The van der Waals surface area contributed by atoms with Crippen LogP contribution >= 0.6 is 11.6 Å². The molecule has 27 heavy (non-hydrogen) atoms. The molecular formula is C20H21ClN2O4. The minimum atomic E-state index is -0.274. The topological polar surface area (TPSA) is 76.7 Å². The fourth-order valence-electron chi connectivity index (χ4n) is 2.63. The molecule has 1 saturated carbocycles. The van der Waals surface area contributed by atoms with Crippen molar-refractivity contribution < 1.29 is 19.1 Å². The van der Waals surface area contributed by atoms with Gasteiger partial charge in [-0.3, -0.25) is 9.59 Å². The van der Waals surface area contributed by atoms with E-state index >= 15 is 0 Å². The van der Waals surface area contributed by atoms with Crippen molar-refractivity contribution >= 4 is 29.1 Å². The molecular weight excluding hydrogens is 368 g/mol. The van der Waals surface area contributed by atoms with Gasteiger partial charge in [-0.1, -0.05) is 23.7 Å². The van der Waals surface area contributed by atoms with E-state index in [0.29, 0.717) is 28.6 Å². The van der Waals surface area contributed by atoms with E-state index in [-0.39, 0.29) is 17.7 Å². The number of rotatable bonds is 7. The third kappa shape index (κ3) is 4.71. The van der Waals surface area contributed by atoms with Crippen LogP contribution < -0.4 is 20.1 Å². The first-order valence-electron chi connectivity index (χ1n) is 8.61. The Morgan fingerprint density at radius 1 is 1.11 bits per heavy atom. The zero-order chi connectivity index (χ0) is 19.4. The smallest absolute Gasteiger partial charge is 0.251 e.